The van der Waals surface area contributed by atoms with Gasteiger partial charge in [-0.05, 0) is 58.2 Å². The summed E-state index contributed by atoms with van der Waals surface area (Å²) in [4.78, 5) is 17.2. The summed E-state index contributed by atoms with van der Waals surface area (Å²) in [6.07, 6.45) is -1.11. The van der Waals surface area contributed by atoms with E-state index in [1.165, 1.54) is 12.1 Å². The molecule has 1 aliphatic heterocycles. The van der Waals surface area contributed by atoms with Crippen LogP contribution in [0, 0.1) is 17.7 Å². The molecule has 6 rings (SSSR count). The van der Waals surface area contributed by atoms with E-state index in [4.69, 9.17) is 14.1 Å². The number of nitrogens with zero attached hydrogens (tertiary/aromatic N) is 1. The summed E-state index contributed by atoms with van der Waals surface area (Å²) in [5.41, 5.74) is 0.730. The van der Waals surface area contributed by atoms with E-state index < -0.39 is 19.9 Å². The zero-order chi connectivity index (χ0) is 31.8. The molecule has 4 aromatic rings. The van der Waals surface area contributed by atoms with Crippen LogP contribution < -0.4 is 25.7 Å². The molecule has 0 bridgehead atoms. The molecule has 3 N–H and O–H groups in total. The average molecular weight is 626 g/mol. The number of halogens is 1. The molecular formula is C36H40FN3O4Si. The Hall–Kier alpha value is -4.05. The van der Waals surface area contributed by atoms with Gasteiger partial charge in [0, 0.05) is 36.6 Å². The summed E-state index contributed by atoms with van der Waals surface area (Å²) in [6.45, 7) is 10.3. The fraction of sp³-hybridized carbons (Fsp3) is 0.333. The van der Waals surface area contributed by atoms with Crippen molar-refractivity contribution in [2.24, 2.45) is 11.8 Å². The van der Waals surface area contributed by atoms with Gasteiger partial charge in [0.2, 0.25) is 5.88 Å². The minimum absolute atomic E-state index is 0.0531. The van der Waals surface area contributed by atoms with E-state index in [-0.39, 0.29) is 23.6 Å². The molecule has 2 fully saturated rings. The maximum atomic E-state index is 13.9. The van der Waals surface area contributed by atoms with Gasteiger partial charge in [0.25, 0.3) is 8.32 Å². The van der Waals surface area contributed by atoms with Crippen molar-refractivity contribution in [2.45, 2.75) is 44.4 Å². The summed E-state index contributed by atoms with van der Waals surface area (Å²) in [7, 11) is -3.00. The average Bonchev–Trinajstić information content (AvgIpc) is 3.40. The van der Waals surface area contributed by atoms with Crippen molar-refractivity contribution in [3.05, 3.63) is 108 Å². The molecular weight excluding hydrogens is 585 g/mol. The first kappa shape index (κ1) is 31.0. The van der Waals surface area contributed by atoms with E-state index in [1.807, 2.05) is 55.5 Å². The number of hydrogen-bond acceptors (Lipinski definition) is 5. The van der Waals surface area contributed by atoms with Crippen molar-refractivity contribution in [1.82, 2.24) is 15.6 Å². The molecule has 2 unspecified atom stereocenters. The summed E-state index contributed by atoms with van der Waals surface area (Å²) < 4.78 is 27.5. The van der Waals surface area contributed by atoms with Crippen LogP contribution >= 0.6 is 0 Å². The Morgan fingerprint density at radius 2 is 1.51 bits per heavy atom. The Morgan fingerprint density at radius 1 is 0.933 bits per heavy atom. The van der Waals surface area contributed by atoms with E-state index in [2.05, 4.69) is 55.7 Å². The van der Waals surface area contributed by atoms with Gasteiger partial charge in [0.05, 0.1) is 17.8 Å². The van der Waals surface area contributed by atoms with E-state index in [0.717, 1.165) is 23.5 Å². The standard InChI is InChI=1S/C36H40FN3O4Si/c1-35(2,3)45(27-11-7-5-8-12-27,28-13-9-6-10-14-28)43-23-36(4,40-34(41)42)25-19-31(24-15-17-26(37)18-16-24)39-32(20-25)44-33-29-21-38-22-30(29)33/h5-20,29-30,33,38,40H,21-23H2,1-4H3,(H,41,42)/t29-,30+,33?,36?. The molecule has 1 saturated carbocycles. The summed E-state index contributed by atoms with van der Waals surface area (Å²) in [5.74, 6) is 0.939. The third kappa shape index (κ3) is 6.12. The minimum Gasteiger partial charge on any atom is -0.474 e. The maximum Gasteiger partial charge on any atom is 0.405 e. The van der Waals surface area contributed by atoms with Crippen molar-refractivity contribution < 1.29 is 23.5 Å². The maximum absolute atomic E-state index is 13.9. The number of carboxylic acid groups (broad SMARTS) is 1. The summed E-state index contributed by atoms with van der Waals surface area (Å²) in [6, 6.07) is 30.3. The molecule has 7 nitrogen and oxygen atoms in total. The molecule has 3 aromatic carbocycles. The zero-order valence-corrected chi connectivity index (χ0v) is 27.1. The van der Waals surface area contributed by atoms with Gasteiger partial charge in [-0.25, -0.2) is 14.2 Å². The molecule has 2 heterocycles. The number of hydrogen-bond donors (Lipinski definition) is 3. The van der Waals surface area contributed by atoms with Crippen LogP contribution in [0.25, 0.3) is 11.3 Å². The normalized spacial score (nSPS) is 20.6. The van der Waals surface area contributed by atoms with Crippen LogP contribution in [0.1, 0.15) is 33.3 Å². The minimum atomic E-state index is -3.00. The first-order valence-corrected chi connectivity index (χ1v) is 17.3. The number of rotatable bonds is 10. The van der Waals surface area contributed by atoms with Gasteiger partial charge >= 0.3 is 6.09 Å². The topological polar surface area (TPSA) is 92.7 Å². The highest BCUT2D eigenvalue weighted by Gasteiger charge is 2.55. The van der Waals surface area contributed by atoms with Crippen LogP contribution in [0.5, 0.6) is 5.88 Å². The van der Waals surface area contributed by atoms with Gasteiger partial charge in [-0.15, -0.1) is 0 Å². The predicted molar refractivity (Wildman–Crippen MR) is 176 cm³/mol. The van der Waals surface area contributed by atoms with Gasteiger partial charge in [0.1, 0.15) is 11.9 Å². The number of benzene rings is 3. The lowest BCUT2D eigenvalue weighted by Crippen LogP contribution is -2.68. The van der Waals surface area contributed by atoms with Gasteiger partial charge in [-0.1, -0.05) is 81.4 Å². The third-order valence-corrected chi connectivity index (χ3v) is 14.2. The van der Waals surface area contributed by atoms with Crippen molar-refractivity contribution in [3.8, 4) is 17.1 Å². The molecule has 234 valence electrons. The van der Waals surface area contributed by atoms with Crippen molar-refractivity contribution in [1.29, 1.82) is 0 Å². The SMILES string of the molecule is CC(CO[Si](c1ccccc1)(c1ccccc1)C(C)(C)C)(NC(=O)O)c1cc(OC2[C@H]3CNC[C@@H]23)nc(-c2ccc(F)cc2)c1. The number of pyridine rings is 1. The molecule has 1 aliphatic carbocycles. The Morgan fingerprint density at radius 3 is 2.04 bits per heavy atom. The van der Waals surface area contributed by atoms with Crippen LogP contribution in [0.2, 0.25) is 5.04 Å². The Bertz CT molecular complexity index is 1600. The Balaban J connectivity index is 1.44. The second kappa shape index (κ2) is 12.0. The first-order valence-electron chi connectivity index (χ1n) is 15.4. The predicted octanol–water partition coefficient (Wildman–Crippen LogP) is 5.54. The number of nitrogens with one attached hydrogen (secondary N) is 2. The van der Waals surface area contributed by atoms with E-state index in [1.54, 1.807) is 12.1 Å². The third-order valence-electron chi connectivity index (χ3n) is 9.23. The summed E-state index contributed by atoms with van der Waals surface area (Å²) in [5, 5.41) is 18.2. The van der Waals surface area contributed by atoms with Crippen LogP contribution in [0.4, 0.5) is 9.18 Å². The molecule has 2 aliphatic rings. The highest BCUT2D eigenvalue weighted by atomic mass is 28.4. The fourth-order valence-corrected chi connectivity index (χ4v) is 11.4. The Labute approximate surface area is 265 Å². The lowest BCUT2D eigenvalue weighted by atomic mass is 9.92. The molecule has 9 heteroatoms. The molecule has 1 aromatic heterocycles. The number of aromatic nitrogens is 1. The molecule has 1 amide bonds. The molecule has 0 spiro atoms. The molecule has 45 heavy (non-hydrogen) atoms. The lowest BCUT2D eigenvalue weighted by Gasteiger charge is -2.45. The molecule has 4 atom stereocenters. The van der Waals surface area contributed by atoms with Gasteiger partial charge in [-0.3, -0.25) is 0 Å². The largest absolute Gasteiger partial charge is 0.474 e. The van der Waals surface area contributed by atoms with Crippen LogP contribution in [0.15, 0.2) is 97.1 Å². The van der Waals surface area contributed by atoms with Crippen molar-refractivity contribution >= 4 is 24.8 Å². The first-order chi connectivity index (χ1) is 21.5. The molecule has 1 saturated heterocycles. The Kier molecular flexibility index (Phi) is 8.28. The van der Waals surface area contributed by atoms with E-state index in [0.29, 0.717) is 34.5 Å². The second-order valence-corrected chi connectivity index (χ2v) is 17.7. The second-order valence-electron chi connectivity index (χ2n) is 13.4. The quantitative estimate of drug-likeness (QED) is 0.201. The number of fused-ring (bicyclic) bond motifs is 1. The summed E-state index contributed by atoms with van der Waals surface area (Å²) >= 11 is 0. The number of piperidine rings is 1. The fourth-order valence-electron chi connectivity index (χ4n) is 6.77. The highest BCUT2D eigenvalue weighted by molar-refractivity contribution is 6.99. The highest BCUT2D eigenvalue weighted by Crippen LogP contribution is 2.45. The number of amides is 1. The van der Waals surface area contributed by atoms with E-state index >= 15 is 0 Å². The smallest absolute Gasteiger partial charge is 0.405 e. The lowest BCUT2D eigenvalue weighted by molar-refractivity contribution is 0.150. The van der Waals surface area contributed by atoms with Crippen molar-refractivity contribution in [3.63, 3.8) is 0 Å². The van der Waals surface area contributed by atoms with Crippen LogP contribution in [-0.2, 0) is 9.96 Å². The van der Waals surface area contributed by atoms with Crippen LogP contribution in [0.3, 0.4) is 0 Å². The van der Waals surface area contributed by atoms with E-state index in [9.17, 15) is 14.3 Å². The zero-order valence-electron chi connectivity index (χ0n) is 26.1. The van der Waals surface area contributed by atoms with Gasteiger partial charge < -0.3 is 24.9 Å². The van der Waals surface area contributed by atoms with Gasteiger partial charge in [-0.2, -0.15) is 0 Å². The number of ether oxygens (including phenoxy) is 1. The van der Waals surface area contributed by atoms with Crippen LogP contribution in [-0.4, -0.2) is 50.3 Å². The van der Waals surface area contributed by atoms with Gasteiger partial charge in [0.15, 0.2) is 0 Å². The monoisotopic (exact) mass is 625 g/mol. The van der Waals surface area contributed by atoms with Crippen molar-refractivity contribution in [2.75, 3.05) is 19.7 Å². The molecule has 0 radical (unpaired) electrons. The number of carbonyl (C=O) groups is 1.